The highest BCUT2D eigenvalue weighted by atomic mass is 35.5. The molecule has 0 unspecified atom stereocenters. The van der Waals surface area contributed by atoms with Crippen LogP contribution in [0.3, 0.4) is 0 Å². The number of carbonyl (C=O) groups excluding carboxylic acids is 1. The van der Waals surface area contributed by atoms with Gasteiger partial charge >= 0.3 is 0 Å². The molecule has 0 spiro atoms. The number of benzene rings is 3. The van der Waals surface area contributed by atoms with Crippen LogP contribution >= 0.6 is 23.4 Å². The van der Waals surface area contributed by atoms with Crippen LogP contribution in [-0.2, 0) is 14.8 Å². The predicted molar refractivity (Wildman–Crippen MR) is 129 cm³/mol. The molecule has 2 N–H and O–H groups in total. The van der Waals surface area contributed by atoms with E-state index in [1.165, 1.54) is 25.3 Å². The van der Waals surface area contributed by atoms with Crippen LogP contribution in [0.2, 0.25) is 5.02 Å². The zero-order valence-electron chi connectivity index (χ0n) is 17.2. The van der Waals surface area contributed by atoms with Crippen molar-refractivity contribution in [3.05, 3.63) is 71.8 Å². The number of hydrogen-bond acceptors (Lipinski definition) is 7. The first-order chi connectivity index (χ1) is 15.8. The molecule has 4 aromatic rings. The first-order valence-electron chi connectivity index (χ1n) is 9.59. The maximum atomic E-state index is 12.8. The number of methoxy groups -OCH3 is 1. The molecule has 0 fully saturated rings. The number of anilines is 2. The van der Waals surface area contributed by atoms with Crippen LogP contribution in [-0.4, -0.2) is 32.2 Å². The Morgan fingerprint density at radius 1 is 1.12 bits per heavy atom. The van der Waals surface area contributed by atoms with Gasteiger partial charge in [-0.15, -0.1) is 0 Å². The summed E-state index contributed by atoms with van der Waals surface area (Å²) in [5.41, 5.74) is 1.69. The van der Waals surface area contributed by atoms with Gasteiger partial charge < -0.3 is 14.5 Å². The van der Waals surface area contributed by atoms with E-state index in [1.807, 2.05) is 0 Å². The lowest BCUT2D eigenvalue weighted by atomic mass is 10.3. The van der Waals surface area contributed by atoms with Crippen molar-refractivity contribution < 1.29 is 22.4 Å². The van der Waals surface area contributed by atoms with Crippen molar-refractivity contribution in [3.63, 3.8) is 0 Å². The van der Waals surface area contributed by atoms with E-state index in [9.17, 15) is 13.2 Å². The number of hydrogen-bond donors (Lipinski definition) is 2. The fraction of sp³-hybridized carbons (Fsp3) is 0.0909. The number of carbonyl (C=O) groups is 1. The summed E-state index contributed by atoms with van der Waals surface area (Å²) >= 11 is 7.13. The summed E-state index contributed by atoms with van der Waals surface area (Å²) in [7, 11) is -2.30. The molecule has 1 amide bonds. The topological polar surface area (TPSA) is 111 Å². The van der Waals surface area contributed by atoms with Gasteiger partial charge in [-0.25, -0.2) is 13.4 Å². The monoisotopic (exact) mass is 503 g/mol. The first kappa shape index (κ1) is 23.0. The zero-order valence-corrected chi connectivity index (χ0v) is 19.6. The van der Waals surface area contributed by atoms with Gasteiger partial charge in [0.15, 0.2) is 5.58 Å². The lowest BCUT2D eigenvalue weighted by Crippen LogP contribution is -2.14. The normalized spacial score (nSPS) is 11.3. The van der Waals surface area contributed by atoms with E-state index in [0.29, 0.717) is 33.2 Å². The largest absolute Gasteiger partial charge is 0.497 e. The second-order valence-electron chi connectivity index (χ2n) is 6.76. The van der Waals surface area contributed by atoms with Gasteiger partial charge in [0.1, 0.15) is 11.3 Å². The third-order valence-corrected chi connectivity index (χ3v) is 7.00. The third kappa shape index (κ3) is 5.59. The summed E-state index contributed by atoms with van der Waals surface area (Å²) in [6.45, 7) is 0. The van der Waals surface area contributed by atoms with Gasteiger partial charge in [0.25, 0.3) is 15.2 Å². The fourth-order valence-electron chi connectivity index (χ4n) is 2.86. The lowest BCUT2D eigenvalue weighted by molar-refractivity contribution is -0.113. The standard InChI is InChI=1S/C22H18ClN3O5S2/c1-30-15-8-6-14(7-9-15)26-33(28,29)16-10-11-20-19(12-16)25-22(31-20)32-13-21(27)24-18-5-3-2-4-17(18)23/h2-12,26H,13H2,1H3,(H,24,27). The van der Waals surface area contributed by atoms with Crippen molar-refractivity contribution >= 4 is 61.8 Å². The van der Waals surface area contributed by atoms with E-state index in [-0.39, 0.29) is 21.8 Å². The highest BCUT2D eigenvalue weighted by Crippen LogP contribution is 2.27. The molecule has 3 aromatic carbocycles. The van der Waals surface area contributed by atoms with Crippen molar-refractivity contribution in [1.29, 1.82) is 0 Å². The summed E-state index contributed by atoms with van der Waals surface area (Å²) in [5, 5.41) is 3.40. The molecule has 0 aliphatic rings. The quantitative estimate of drug-likeness (QED) is 0.325. The maximum absolute atomic E-state index is 12.8. The van der Waals surface area contributed by atoms with Gasteiger partial charge in [0, 0.05) is 5.69 Å². The number of amides is 1. The van der Waals surface area contributed by atoms with Gasteiger partial charge in [0.05, 0.1) is 28.5 Å². The van der Waals surface area contributed by atoms with Crippen LogP contribution in [0, 0.1) is 0 Å². The number of nitrogens with zero attached hydrogens (tertiary/aromatic N) is 1. The van der Waals surface area contributed by atoms with E-state index in [2.05, 4.69) is 15.0 Å². The van der Waals surface area contributed by atoms with Crippen molar-refractivity contribution in [2.75, 3.05) is 22.9 Å². The average molecular weight is 504 g/mol. The number of ether oxygens (including phenoxy) is 1. The predicted octanol–water partition coefficient (Wildman–Crippen LogP) is 5.02. The van der Waals surface area contributed by atoms with Crippen molar-refractivity contribution in [3.8, 4) is 5.75 Å². The summed E-state index contributed by atoms with van der Waals surface area (Å²) in [4.78, 5) is 16.5. The van der Waals surface area contributed by atoms with E-state index < -0.39 is 10.0 Å². The Hall–Kier alpha value is -3.21. The number of nitrogens with one attached hydrogen (secondary N) is 2. The number of oxazole rings is 1. The minimum atomic E-state index is -3.84. The molecule has 0 aliphatic heterocycles. The Kier molecular flexibility index (Phi) is 6.77. The Bertz CT molecular complexity index is 1410. The van der Waals surface area contributed by atoms with Crippen LogP contribution in [0.25, 0.3) is 11.1 Å². The summed E-state index contributed by atoms with van der Waals surface area (Å²) in [5.74, 6) is 0.386. The van der Waals surface area contributed by atoms with Crippen LogP contribution in [0.5, 0.6) is 5.75 Å². The number of fused-ring (bicyclic) bond motifs is 1. The highest BCUT2D eigenvalue weighted by molar-refractivity contribution is 7.99. The molecular weight excluding hydrogens is 486 g/mol. The van der Waals surface area contributed by atoms with E-state index in [4.69, 9.17) is 20.8 Å². The third-order valence-electron chi connectivity index (χ3n) is 4.47. The smallest absolute Gasteiger partial charge is 0.261 e. The molecular formula is C22H18ClN3O5S2. The molecule has 33 heavy (non-hydrogen) atoms. The van der Waals surface area contributed by atoms with Crippen molar-refractivity contribution in [2.24, 2.45) is 0 Å². The van der Waals surface area contributed by atoms with Crippen LogP contribution in [0.15, 0.2) is 81.3 Å². The SMILES string of the molecule is COc1ccc(NS(=O)(=O)c2ccc3oc(SCC(=O)Nc4ccccc4Cl)nc3c2)cc1. The molecule has 0 aliphatic carbocycles. The molecule has 8 nitrogen and oxygen atoms in total. The van der Waals surface area contributed by atoms with Crippen molar-refractivity contribution in [2.45, 2.75) is 10.1 Å². The summed E-state index contributed by atoms with van der Waals surface area (Å²) < 4.78 is 38.7. The number of para-hydroxylation sites is 1. The van der Waals surface area contributed by atoms with Crippen molar-refractivity contribution in [1.82, 2.24) is 4.98 Å². The lowest BCUT2D eigenvalue weighted by Gasteiger charge is -2.08. The molecule has 0 saturated carbocycles. The molecule has 0 atom stereocenters. The van der Waals surface area contributed by atoms with E-state index in [1.54, 1.807) is 48.5 Å². The Morgan fingerprint density at radius 3 is 2.61 bits per heavy atom. The molecule has 4 rings (SSSR count). The molecule has 1 aromatic heterocycles. The van der Waals surface area contributed by atoms with Gasteiger partial charge in [-0.2, -0.15) is 0 Å². The summed E-state index contributed by atoms with van der Waals surface area (Å²) in [6.07, 6.45) is 0. The molecule has 1 heterocycles. The highest BCUT2D eigenvalue weighted by Gasteiger charge is 2.17. The van der Waals surface area contributed by atoms with Gasteiger partial charge in [-0.3, -0.25) is 9.52 Å². The minimum Gasteiger partial charge on any atom is -0.497 e. The fourth-order valence-corrected chi connectivity index (χ4v) is 4.76. The van der Waals surface area contributed by atoms with E-state index >= 15 is 0 Å². The zero-order chi connectivity index (χ0) is 23.4. The maximum Gasteiger partial charge on any atom is 0.261 e. The van der Waals surface area contributed by atoms with Crippen LogP contribution in [0.4, 0.5) is 11.4 Å². The molecule has 0 saturated heterocycles. The van der Waals surface area contributed by atoms with Crippen LogP contribution < -0.4 is 14.8 Å². The second kappa shape index (κ2) is 9.74. The molecule has 0 radical (unpaired) electrons. The van der Waals surface area contributed by atoms with E-state index in [0.717, 1.165) is 11.8 Å². The number of halogens is 1. The Balaban J connectivity index is 1.44. The summed E-state index contributed by atoms with van der Waals surface area (Å²) in [6, 6.07) is 17.8. The minimum absolute atomic E-state index is 0.0344. The Labute approximate surface area is 199 Å². The molecule has 0 bridgehead atoms. The molecule has 11 heteroatoms. The van der Waals surface area contributed by atoms with Gasteiger partial charge in [-0.05, 0) is 54.6 Å². The molecule has 170 valence electrons. The average Bonchev–Trinajstić information content (AvgIpc) is 3.22. The first-order valence-corrected chi connectivity index (χ1v) is 12.4. The Morgan fingerprint density at radius 2 is 1.88 bits per heavy atom. The van der Waals surface area contributed by atoms with Crippen LogP contribution in [0.1, 0.15) is 0 Å². The van der Waals surface area contributed by atoms with Gasteiger partial charge in [0.2, 0.25) is 5.91 Å². The number of aromatic nitrogens is 1. The number of thioether (sulfide) groups is 1. The van der Waals surface area contributed by atoms with Gasteiger partial charge in [-0.1, -0.05) is 35.5 Å². The number of rotatable bonds is 8. The number of sulfonamides is 1. The second-order valence-corrected chi connectivity index (χ2v) is 9.78.